The molecule has 0 heterocycles. The number of sulfonamides is 1. The van der Waals surface area contributed by atoms with E-state index in [1.54, 1.807) is 19.1 Å². The Morgan fingerprint density at radius 2 is 1.79 bits per heavy atom. The van der Waals surface area contributed by atoms with Crippen LogP contribution in [0.3, 0.4) is 0 Å². The van der Waals surface area contributed by atoms with E-state index in [0.717, 1.165) is 11.1 Å². The van der Waals surface area contributed by atoms with Crippen molar-refractivity contribution in [2.45, 2.75) is 32.1 Å². The number of hydrogen-bond acceptors (Lipinski definition) is 4. The number of carbonyl (C=O) groups is 1. The molecule has 0 spiro atoms. The first-order valence-electron chi connectivity index (χ1n) is 6.08. The van der Waals surface area contributed by atoms with Crippen LogP contribution in [0.2, 0.25) is 0 Å². The van der Waals surface area contributed by atoms with Crippen molar-refractivity contribution < 1.29 is 17.9 Å². The quantitative estimate of drug-likeness (QED) is 0.805. The highest BCUT2D eigenvalue weighted by Gasteiger charge is 2.15. The maximum absolute atomic E-state index is 12.0. The molecule has 1 N–H and O–H groups in total. The van der Waals surface area contributed by atoms with Crippen LogP contribution in [-0.4, -0.2) is 27.5 Å². The fourth-order valence-electron chi connectivity index (χ4n) is 1.69. The van der Waals surface area contributed by atoms with Crippen molar-refractivity contribution in [2.75, 3.05) is 13.2 Å². The Balaban J connectivity index is 2.68. The van der Waals surface area contributed by atoms with Gasteiger partial charge in [0.2, 0.25) is 10.0 Å². The number of ether oxygens (including phenoxy) is 1. The molecule has 5 nitrogen and oxygen atoms in total. The molecule has 0 aromatic heterocycles. The smallest absolute Gasteiger partial charge is 0.307 e. The van der Waals surface area contributed by atoms with Crippen LogP contribution in [0.15, 0.2) is 23.1 Å². The summed E-state index contributed by atoms with van der Waals surface area (Å²) in [5.41, 5.74) is 1.76. The minimum absolute atomic E-state index is 0.0257. The first-order valence-corrected chi connectivity index (χ1v) is 7.57. The van der Waals surface area contributed by atoms with Crippen LogP contribution >= 0.6 is 0 Å². The van der Waals surface area contributed by atoms with Crippen LogP contribution in [0.25, 0.3) is 0 Å². The Kier molecular flexibility index (Phi) is 5.50. The molecule has 0 atom stereocenters. The standard InChI is InChI=1S/C13H19NO4S/c1-4-18-13(15)5-6-14-19(16,17)12-8-10(2)7-11(3)9-12/h7-9,14H,4-6H2,1-3H3. The van der Waals surface area contributed by atoms with Crippen LogP contribution < -0.4 is 4.72 Å². The van der Waals surface area contributed by atoms with E-state index < -0.39 is 16.0 Å². The van der Waals surface area contributed by atoms with Gasteiger partial charge in [0, 0.05) is 6.54 Å². The van der Waals surface area contributed by atoms with E-state index in [1.165, 1.54) is 0 Å². The molecule has 0 aliphatic carbocycles. The predicted molar refractivity (Wildman–Crippen MR) is 72.4 cm³/mol. The average molecular weight is 285 g/mol. The molecule has 6 heteroatoms. The lowest BCUT2D eigenvalue weighted by atomic mass is 10.2. The highest BCUT2D eigenvalue weighted by molar-refractivity contribution is 7.89. The summed E-state index contributed by atoms with van der Waals surface area (Å²) in [6.07, 6.45) is 0.0257. The highest BCUT2D eigenvalue weighted by atomic mass is 32.2. The number of aryl methyl sites for hydroxylation is 2. The molecule has 0 unspecified atom stereocenters. The van der Waals surface area contributed by atoms with Crippen molar-refractivity contribution in [3.05, 3.63) is 29.3 Å². The fourth-order valence-corrected chi connectivity index (χ4v) is 2.91. The maximum atomic E-state index is 12.0. The summed E-state index contributed by atoms with van der Waals surface area (Å²) in [6.45, 7) is 5.71. The number of esters is 1. The predicted octanol–water partition coefficient (Wildman–Crippen LogP) is 1.53. The summed E-state index contributed by atoms with van der Waals surface area (Å²) >= 11 is 0. The first kappa shape index (κ1) is 15.7. The van der Waals surface area contributed by atoms with E-state index in [1.807, 2.05) is 19.9 Å². The van der Waals surface area contributed by atoms with Crippen molar-refractivity contribution in [2.24, 2.45) is 0 Å². The zero-order valence-corrected chi connectivity index (χ0v) is 12.2. The molecular weight excluding hydrogens is 266 g/mol. The molecule has 0 saturated heterocycles. The van der Waals surface area contributed by atoms with Crippen molar-refractivity contribution in [1.82, 2.24) is 4.72 Å². The second kappa shape index (κ2) is 6.68. The third-order valence-corrected chi connectivity index (χ3v) is 3.87. The molecule has 106 valence electrons. The van der Waals surface area contributed by atoms with Gasteiger partial charge < -0.3 is 4.74 Å². The summed E-state index contributed by atoms with van der Waals surface area (Å²) in [7, 11) is -3.57. The molecule has 0 aliphatic heterocycles. The zero-order chi connectivity index (χ0) is 14.5. The second-order valence-electron chi connectivity index (χ2n) is 4.28. The third-order valence-electron chi connectivity index (χ3n) is 2.43. The van der Waals surface area contributed by atoms with E-state index in [4.69, 9.17) is 4.74 Å². The van der Waals surface area contributed by atoms with Crippen LogP contribution in [0.5, 0.6) is 0 Å². The van der Waals surface area contributed by atoms with Crippen LogP contribution in [0.1, 0.15) is 24.5 Å². The van der Waals surface area contributed by atoms with E-state index >= 15 is 0 Å². The Hall–Kier alpha value is -1.40. The third kappa shape index (κ3) is 5.00. The molecule has 0 fully saturated rings. The number of benzene rings is 1. The molecule has 19 heavy (non-hydrogen) atoms. The summed E-state index contributed by atoms with van der Waals surface area (Å²) in [5, 5.41) is 0. The van der Waals surface area contributed by atoms with Gasteiger partial charge in [0.05, 0.1) is 17.9 Å². The molecular formula is C13H19NO4S. The van der Waals surface area contributed by atoms with E-state index in [2.05, 4.69) is 4.72 Å². The minimum Gasteiger partial charge on any atom is -0.466 e. The van der Waals surface area contributed by atoms with Gasteiger partial charge in [-0.3, -0.25) is 4.79 Å². The van der Waals surface area contributed by atoms with Crippen LogP contribution in [0, 0.1) is 13.8 Å². The molecule has 1 aromatic rings. The summed E-state index contributed by atoms with van der Waals surface area (Å²) in [6, 6.07) is 5.09. The first-order chi connectivity index (χ1) is 8.85. The Labute approximate surface area is 114 Å². The van der Waals surface area contributed by atoms with Crippen LogP contribution in [0.4, 0.5) is 0 Å². The monoisotopic (exact) mass is 285 g/mol. The largest absolute Gasteiger partial charge is 0.466 e. The highest BCUT2D eigenvalue weighted by Crippen LogP contribution is 2.14. The van der Waals surface area contributed by atoms with Crippen molar-refractivity contribution in [3.63, 3.8) is 0 Å². The number of hydrogen-bond donors (Lipinski definition) is 1. The van der Waals surface area contributed by atoms with Gasteiger partial charge >= 0.3 is 5.97 Å². The maximum Gasteiger partial charge on any atom is 0.307 e. The molecule has 0 saturated carbocycles. The van der Waals surface area contributed by atoms with Crippen molar-refractivity contribution in [1.29, 1.82) is 0 Å². The second-order valence-corrected chi connectivity index (χ2v) is 6.04. The molecule has 1 rings (SSSR count). The lowest BCUT2D eigenvalue weighted by Gasteiger charge is -2.08. The summed E-state index contributed by atoms with van der Waals surface area (Å²) < 4.78 is 31.1. The van der Waals surface area contributed by atoms with Gasteiger partial charge in [-0.15, -0.1) is 0 Å². The van der Waals surface area contributed by atoms with Gasteiger partial charge in [-0.05, 0) is 44.0 Å². The lowest BCUT2D eigenvalue weighted by Crippen LogP contribution is -2.27. The van der Waals surface area contributed by atoms with Gasteiger partial charge in [-0.1, -0.05) is 6.07 Å². The van der Waals surface area contributed by atoms with Gasteiger partial charge in [0.1, 0.15) is 0 Å². The van der Waals surface area contributed by atoms with Crippen LogP contribution in [-0.2, 0) is 19.6 Å². The van der Waals surface area contributed by atoms with Crippen molar-refractivity contribution >= 4 is 16.0 Å². The number of nitrogens with one attached hydrogen (secondary N) is 1. The van der Waals surface area contributed by atoms with E-state index in [9.17, 15) is 13.2 Å². The average Bonchev–Trinajstić information content (AvgIpc) is 2.27. The molecule has 1 aromatic carbocycles. The normalized spacial score (nSPS) is 11.3. The Bertz CT molecular complexity index is 532. The SMILES string of the molecule is CCOC(=O)CCNS(=O)(=O)c1cc(C)cc(C)c1. The summed E-state index contributed by atoms with van der Waals surface area (Å²) in [5.74, 6) is -0.411. The number of carbonyl (C=O) groups excluding carboxylic acids is 1. The van der Waals surface area contributed by atoms with Gasteiger partial charge in [0.25, 0.3) is 0 Å². The Morgan fingerprint density at radius 3 is 2.32 bits per heavy atom. The molecule has 0 radical (unpaired) electrons. The topological polar surface area (TPSA) is 72.5 Å². The lowest BCUT2D eigenvalue weighted by molar-refractivity contribution is -0.142. The molecule has 0 amide bonds. The van der Waals surface area contributed by atoms with Crippen molar-refractivity contribution in [3.8, 4) is 0 Å². The fraction of sp³-hybridized carbons (Fsp3) is 0.462. The number of rotatable bonds is 6. The van der Waals surface area contributed by atoms with Gasteiger partial charge in [0.15, 0.2) is 0 Å². The van der Waals surface area contributed by atoms with E-state index in [0.29, 0.717) is 6.61 Å². The summed E-state index contributed by atoms with van der Waals surface area (Å²) in [4.78, 5) is 11.3. The minimum atomic E-state index is -3.57. The zero-order valence-electron chi connectivity index (χ0n) is 11.4. The van der Waals surface area contributed by atoms with Gasteiger partial charge in [-0.25, -0.2) is 13.1 Å². The Morgan fingerprint density at radius 1 is 1.21 bits per heavy atom. The van der Waals surface area contributed by atoms with Gasteiger partial charge in [-0.2, -0.15) is 0 Å². The van der Waals surface area contributed by atoms with E-state index in [-0.39, 0.29) is 17.9 Å². The molecule has 0 bridgehead atoms. The molecule has 0 aliphatic rings.